The molecule has 0 aromatic heterocycles. The van der Waals surface area contributed by atoms with Gasteiger partial charge in [-0.25, -0.2) is 0 Å². The quantitative estimate of drug-likeness (QED) is 0.836. The van der Waals surface area contributed by atoms with Gasteiger partial charge >= 0.3 is 0 Å². The molecule has 1 atom stereocenters. The van der Waals surface area contributed by atoms with Crippen molar-refractivity contribution >= 4 is 29.1 Å². The topological polar surface area (TPSA) is 75.4 Å². The second kappa shape index (κ2) is 5.56. The molecule has 6 heteroatoms. The van der Waals surface area contributed by atoms with Crippen molar-refractivity contribution in [3.8, 4) is 0 Å². The lowest BCUT2D eigenvalue weighted by molar-refractivity contribution is -0.125. The summed E-state index contributed by atoms with van der Waals surface area (Å²) in [6.45, 7) is 0.591. The molecule has 1 saturated heterocycles. The number of nitrogen functional groups attached to an aromatic ring is 1. The molecule has 0 radical (unpaired) electrons. The molecule has 0 bridgehead atoms. The van der Waals surface area contributed by atoms with Gasteiger partial charge in [-0.1, -0.05) is 11.6 Å². The molecular weight excluding hydrogens is 290 g/mol. The summed E-state index contributed by atoms with van der Waals surface area (Å²) in [7, 11) is 0. The number of likely N-dealkylation sites (tertiary alicyclic amines) is 1. The summed E-state index contributed by atoms with van der Waals surface area (Å²) in [5, 5.41) is 3.40. The molecule has 3 N–H and O–H groups in total. The Morgan fingerprint density at radius 2 is 2.00 bits per heavy atom. The minimum absolute atomic E-state index is 0.0432. The molecule has 1 aromatic rings. The van der Waals surface area contributed by atoms with Gasteiger partial charge in [0, 0.05) is 28.9 Å². The molecular formula is C15H18ClN3O2. The summed E-state index contributed by atoms with van der Waals surface area (Å²) in [6, 6.07) is 4.71. The number of halogens is 1. The minimum Gasteiger partial charge on any atom is -0.399 e. The lowest BCUT2D eigenvalue weighted by Crippen LogP contribution is -2.46. The SMILES string of the molecule is Nc1cc(Cl)cc(C(=O)N2CCCC2C(=O)NC2CC2)c1. The predicted octanol–water partition coefficient (Wildman–Crippen LogP) is 1.81. The highest BCUT2D eigenvalue weighted by Gasteiger charge is 2.36. The Balaban J connectivity index is 1.77. The second-order valence-corrected chi connectivity index (χ2v) is 6.15. The molecule has 3 rings (SSSR count). The Morgan fingerprint density at radius 1 is 1.24 bits per heavy atom. The number of rotatable bonds is 3. The third-order valence-corrected chi connectivity index (χ3v) is 4.13. The van der Waals surface area contributed by atoms with Crippen LogP contribution in [0.5, 0.6) is 0 Å². The first-order valence-electron chi connectivity index (χ1n) is 7.22. The summed E-state index contributed by atoms with van der Waals surface area (Å²) >= 11 is 5.95. The van der Waals surface area contributed by atoms with E-state index in [0.717, 1.165) is 19.3 Å². The van der Waals surface area contributed by atoms with Crippen LogP contribution in [0, 0.1) is 0 Å². The van der Waals surface area contributed by atoms with Crippen molar-refractivity contribution in [3.05, 3.63) is 28.8 Å². The van der Waals surface area contributed by atoms with Gasteiger partial charge in [0.2, 0.25) is 5.91 Å². The van der Waals surface area contributed by atoms with Gasteiger partial charge < -0.3 is 16.0 Å². The molecule has 2 fully saturated rings. The maximum atomic E-state index is 12.6. The predicted molar refractivity (Wildman–Crippen MR) is 81.1 cm³/mol. The number of amides is 2. The standard InChI is InChI=1S/C15H18ClN3O2/c16-10-6-9(7-11(17)8-10)15(21)19-5-1-2-13(19)14(20)18-12-3-4-12/h6-8,12-13H,1-5,17H2,(H,18,20). The lowest BCUT2D eigenvalue weighted by Gasteiger charge is -2.24. The van der Waals surface area contributed by atoms with Crippen LogP contribution in [0.3, 0.4) is 0 Å². The molecule has 0 spiro atoms. The lowest BCUT2D eigenvalue weighted by atomic mass is 10.1. The number of nitrogens with zero attached hydrogens (tertiary/aromatic N) is 1. The van der Waals surface area contributed by atoms with E-state index in [-0.39, 0.29) is 17.9 Å². The number of nitrogens with one attached hydrogen (secondary N) is 1. The van der Waals surface area contributed by atoms with Crippen LogP contribution in [0.1, 0.15) is 36.0 Å². The van der Waals surface area contributed by atoms with Crippen LogP contribution in [0.15, 0.2) is 18.2 Å². The molecule has 5 nitrogen and oxygen atoms in total. The van der Waals surface area contributed by atoms with Gasteiger partial charge in [0.1, 0.15) is 6.04 Å². The van der Waals surface area contributed by atoms with E-state index in [1.807, 2.05) is 0 Å². The van der Waals surface area contributed by atoms with Gasteiger partial charge in [-0.15, -0.1) is 0 Å². The zero-order valence-electron chi connectivity index (χ0n) is 11.6. The summed E-state index contributed by atoms with van der Waals surface area (Å²) < 4.78 is 0. The number of anilines is 1. The van der Waals surface area contributed by atoms with Crippen LogP contribution in [0.25, 0.3) is 0 Å². The van der Waals surface area contributed by atoms with Gasteiger partial charge in [0.15, 0.2) is 0 Å². The van der Waals surface area contributed by atoms with Crippen LogP contribution in [-0.4, -0.2) is 35.3 Å². The number of hydrogen-bond acceptors (Lipinski definition) is 3. The van der Waals surface area contributed by atoms with Crippen LogP contribution in [-0.2, 0) is 4.79 Å². The molecule has 1 aliphatic heterocycles. The summed E-state index contributed by atoms with van der Waals surface area (Å²) in [5.41, 5.74) is 6.61. The second-order valence-electron chi connectivity index (χ2n) is 5.71. The molecule has 1 saturated carbocycles. The van der Waals surface area contributed by atoms with Crippen molar-refractivity contribution in [2.45, 2.75) is 37.8 Å². The molecule has 1 unspecified atom stereocenters. The Labute approximate surface area is 128 Å². The van der Waals surface area contributed by atoms with Crippen molar-refractivity contribution in [2.75, 3.05) is 12.3 Å². The fraction of sp³-hybridized carbons (Fsp3) is 0.467. The summed E-state index contributed by atoms with van der Waals surface area (Å²) in [4.78, 5) is 26.4. The first-order chi connectivity index (χ1) is 10.0. The van der Waals surface area contributed by atoms with Gasteiger partial charge in [0.05, 0.1) is 0 Å². The van der Waals surface area contributed by atoms with Gasteiger partial charge in [-0.05, 0) is 43.9 Å². The molecule has 1 aromatic carbocycles. The average molecular weight is 308 g/mol. The van der Waals surface area contributed by atoms with Crippen LogP contribution < -0.4 is 11.1 Å². The highest BCUT2D eigenvalue weighted by molar-refractivity contribution is 6.31. The first kappa shape index (κ1) is 14.2. The number of carbonyl (C=O) groups is 2. The minimum atomic E-state index is -0.377. The van der Waals surface area contributed by atoms with Crippen molar-refractivity contribution in [1.29, 1.82) is 0 Å². The normalized spacial score (nSPS) is 21.4. The van der Waals surface area contributed by atoms with Crippen molar-refractivity contribution in [3.63, 3.8) is 0 Å². The van der Waals surface area contributed by atoms with E-state index < -0.39 is 0 Å². The monoisotopic (exact) mass is 307 g/mol. The third-order valence-electron chi connectivity index (χ3n) is 3.91. The van der Waals surface area contributed by atoms with E-state index in [0.29, 0.717) is 35.3 Å². The van der Waals surface area contributed by atoms with Gasteiger partial charge in [0.25, 0.3) is 5.91 Å². The van der Waals surface area contributed by atoms with E-state index in [2.05, 4.69) is 5.32 Å². The number of hydrogen-bond donors (Lipinski definition) is 2. The van der Waals surface area contributed by atoms with Gasteiger partial charge in [-0.3, -0.25) is 9.59 Å². The average Bonchev–Trinajstić information content (AvgIpc) is 3.09. The molecule has 112 valence electrons. The Morgan fingerprint density at radius 3 is 2.67 bits per heavy atom. The summed E-state index contributed by atoms with van der Waals surface area (Å²) in [5.74, 6) is -0.226. The van der Waals surface area contributed by atoms with Crippen molar-refractivity contribution in [2.24, 2.45) is 0 Å². The Kier molecular flexibility index (Phi) is 3.76. The van der Waals surface area contributed by atoms with Crippen LogP contribution in [0.2, 0.25) is 5.02 Å². The van der Waals surface area contributed by atoms with Crippen LogP contribution in [0.4, 0.5) is 5.69 Å². The zero-order valence-corrected chi connectivity index (χ0v) is 12.4. The van der Waals surface area contributed by atoms with E-state index in [1.165, 1.54) is 0 Å². The molecule has 21 heavy (non-hydrogen) atoms. The molecule has 2 aliphatic rings. The maximum Gasteiger partial charge on any atom is 0.254 e. The fourth-order valence-corrected chi connectivity index (χ4v) is 2.95. The van der Waals surface area contributed by atoms with E-state index in [1.54, 1.807) is 23.1 Å². The molecule has 1 aliphatic carbocycles. The molecule has 2 amide bonds. The highest BCUT2D eigenvalue weighted by Crippen LogP contribution is 2.25. The van der Waals surface area contributed by atoms with Crippen molar-refractivity contribution < 1.29 is 9.59 Å². The van der Waals surface area contributed by atoms with Crippen molar-refractivity contribution in [1.82, 2.24) is 10.2 Å². The highest BCUT2D eigenvalue weighted by atomic mass is 35.5. The number of benzene rings is 1. The smallest absolute Gasteiger partial charge is 0.254 e. The largest absolute Gasteiger partial charge is 0.399 e. The Bertz CT molecular complexity index is 566. The van der Waals surface area contributed by atoms with E-state index in [4.69, 9.17) is 17.3 Å². The molecule has 1 heterocycles. The number of nitrogens with two attached hydrogens (primary N) is 1. The van der Waals surface area contributed by atoms with E-state index >= 15 is 0 Å². The maximum absolute atomic E-state index is 12.6. The van der Waals surface area contributed by atoms with E-state index in [9.17, 15) is 9.59 Å². The van der Waals surface area contributed by atoms with Crippen LogP contribution >= 0.6 is 11.6 Å². The zero-order chi connectivity index (χ0) is 15.0. The van der Waals surface area contributed by atoms with Gasteiger partial charge in [-0.2, -0.15) is 0 Å². The number of carbonyl (C=O) groups excluding carboxylic acids is 2. The Hall–Kier alpha value is -1.75. The fourth-order valence-electron chi connectivity index (χ4n) is 2.71. The first-order valence-corrected chi connectivity index (χ1v) is 7.60. The third kappa shape index (κ3) is 3.13. The summed E-state index contributed by atoms with van der Waals surface area (Å²) in [6.07, 6.45) is 3.62.